The Bertz CT molecular complexity index is 405. The molecule has 118 valence electrons. The first kappa shape index (κ1) is 17.3. The molecule has 1 rings (SSSR count). The summed E-state index contributed by atoms with van der Waals surface area (Å²) in [6.45, 7) is 4.91. The quantitative estimate of drug-likeness (QED) is 0.680. The van der Waals surface area contributed by atoms with Gasteiger partial charge in [-0.15, -0.1) is 0 Å². The zero-order valence-corrected chi connectivity index (χ0v) is 12.9. The van der Waals surface area contributed by atoms with Crippen molar-refractivity contribution in [1.29, 1.82) is 0 Å². The summed E-state index contributed by atoms with van der Waals surface area (Å²) in [6.07, 6.45) is 1.87. The van der Waals surface area contributed by atoms with Crippen molar-refractivity contribution in [3.8, 4) is 11.5 Å². The van der Waals surface area contributed by atoms with Crippen LogP contribution in [-0.4, -0.2) is 49.3 Å². The number of hydrogen-bond acceptors (Lipinski definition) is 4. The van der Waals surface area contributed by atoms with Gasteiger partial charge in [0.15, 0.2) is 0 Å². The van der Waals surface area contributed by atoms with Gasteiger partial charge in [0.25, 0.3) is 0 Å². The highest BCUT2D eigenvalue weighted by atomic mass is 16.5. The van der Waals surface area contributed by atoms with Crippen molar-refractivity contribution in [2.45, 2.75) is 26.2 Å². The molecule has 0 aliphatic rings. The van der Waals surface area contributed by atoms with Gasteiger partial charge in [0.2, 0.25) is 0 Å². The van der Waals surface area contributed by atoms with Gasteiger partial charge >= 0.3 is 5.97 Å². The lowest BCUT2D eigenvalue weighted by Gasteiger charge is -2.16. The normalized spacial score (nSPS) is 10.6. The predicted molar refractivity (Wildman–Crippen MR) is 82.1 cm³/mol. The van der Waals surface area contributed by atoms with Crippen LogP contribution in [0.2, 0.25) is 0 Å². The van der Waals surface area contributed by atoms with E-state index < -0.39 is 5.97 Å². The van der Waals surface area contributed by atoms with E-state index >= 15 is 0 Å². The molecule has 21 heavy (non-hydrogen) atoms. The van der Waals surface area contributed by atoms with Gasteiger partial charge in [0.05, 0.1) is 6.61 Å². The number of likely N-dealkylation sites (N-methyl/N-ethyl adjacent to an activating group) is 1. The van der Waals surface area contributed by atoms with Crippen molar-refractivity contribution in [3.05, 3.63) is 24.3 Å². The molecular formula is C16H25NO4. The molecule has 0 amide bonds. The third-order valence-electron chi connectivity index (χ3n) is 2.97. The maximum atomic E-state index is 10.4. The number of aliphatic carboxylic acids is 1. The minimum Gasteiger partial charge on any atom is -0.494 e. The fraction of sp³-hybridized carbons (Fsp3) is 0.562. The molecule has 0 bridgehead atoms. The Morgan fingerprint density at radius 3 is 2.19 bits per heavy atom. The molecule has 5 heteroatoms. The van der Waals surface area contributed by atoms with Crippen molar-refractivity contribution >= 4 is 5.97 Å². The molecule has 0 saturated carbocycles. The maximum absolute atomic E-state index is 10.4. The van der Waals surface area contributed by atoms with Crippen LogP contribution < -0.4 is 9.47 Å². The Hall–Kier alpha value is -1.75. The van der Waals surface area contributed by atoms with E-state index in [2.05, 4.69) is 11.8 Å². The van der Waals surface area contributed by atoms with Crippen molar-refractivity contribution in [2.75, 3.05) is 33.4 Å². The van der Waals surface area contributed by atoms with Crippen molar-refractivity contribution in [1.82, 2.24) is 4.90 Å². The highest BCUT2D eigenvalue weighted by Crippen LogP contribution is 2.17. The molecule has 0 spiro atoms. The third kappa shape index (κ3) is 8.19. The topological polar surface area (TPSA) is 59.0 Å². The largest absolute Gasteiger partial charge is 0.494 e. The molecule has 0 aliphatic carbocycles. The lowest BCUT2D eigenvalue weighted by molar-refractivity contribution is -0.137. The molecule has 0 atom stereocenters. The summed E-state index contributed by atoms with van der Waals surface area (Å²) in [6, 6.07) is 7.61. The van der Waals surface area contributed by atoms with Crippen molar-refractivity contribution < 1.29 is 19.4 Å². The average Bonchev–Trinajstić information content (AvgIpc) is 2.46. The van der Waals surface area contributed by atoms with Crippen LogP contribution in [0.1, 0.15) is 26.2 Å². The van der Waals surface area contributed by atoms with Crippen LogP contribution in [0.4, 0.5) is 0 Å². The van der Waals surface area contributed by atoms with E-state index in [0.717, 1.165) is 37.6 Å². The Morgan fingerprint density at radius 2 is 1.67 bits per heavy atom. The van der Waals surface area contributed by atoms with Gasteiger partial charge in [0.1, 0.15) is 18.1 Å². The van der Waals surface area contributed by atoms with Crippen LogP contribution in [0.3, 0.4) is 0 Å². The predicted octanol–water partition coefficient (Wildman–Crippen LogP) is 2.65. The van der Waals surface area contributed by atoms with Crippen LogP contribution in [0.25, 0.3) is 0 Å². The summed E-state index contributed by atoms with van der Waals surface area (Å²) < 4.78 is 11.2. The van der Waals surface area contributed by atoms with Gasteiger partial charge in [-0.05, 0) is 50.7 Å². The number of carbonyl (C=O) groups is 1. The van der Waals surface area contributed by atoms with Crippen molar-refractivity contribution in [2.24, 2.45) is 0 Å². The monoisotopic (exact) mass is 295 g/mol. The molecule has 0 heterocycles. The molecule has 0 saturated heterocycles. The van der Waals surface area contributed by atoms with Crippen LogP contribution in [0, 0.1) is 0 Å². The fourth-order valence-corrected chi connectivity index (χ4v) is 1.78. The van der Waals surface area contributed by atoms with E-state index in [4.69, 9.17) is 14.6 Å². The molecule has 1 aromatic rings. The summed E-state index contributed by atoms with van der Waals surface area (Å²) in [4.78, 5) is 12.5. The SMILES string of the molecule is CCCOc1ccc(OCCN(C)CCCC(=O)O)cc1. The molecule has 0 aliphatic heterocycles. The van der Waals surface area contributed by atoms with E-state index in [9.17, 15) is 4.79 Å². The van der Waals surface area contributed by atoms with Crippen LogP contribution in [0.15, 0.2) is 24.3 Å². The summed E-state index contributed by atoms with van der Waals surface area (Å²) in [5.74, 6) is 0.929. The number of ether oxygens (including phenoxy) is 2. The van der Waals surface area contributed by atoms with Crippen LogP contribution in [-0.2, 0) is 4.79 Å². The Morgan fingerprint density at radius 1 is 1.10 bits per heavy atom. The van der Waals surface area contributed by atoms with Crippen LogP contribution in [0.5, 0.6) is 11.5 Å². The number of nitrogens with zero attached hydrogens (tertiary/aromatic N) is 1. The first-order valence-corrected chi connectivity index (χ1v) is 7.38. The zero-order chi connectivity index (χ0) is 15.5. The van der Waals surface area contributed by atoms with Gasteiger partial charge < -0.3 is 19.5 Å². The number of benzene rings is 1. The lowest BCUT2D eigenvalue weighted by Crippen LogP contribution is -2.25. The van der Waals surface area contributed by atoms with E-state index in [-0.39, 0.29) is 6.42 Å². The summed E-state index contributed by atoms with van der Waals surface area (Å²) in [7, 11) is 1.97. The summed E-state index contributed by atoms with van der Waals surface area (Å²) in [5, 5.41) is 8.57. The Balaban J connectivity index is 2.18. The lowest BCUT2D eigenvalue weighted by atomic mass is 10.3. The second kappa shape index (κ2) is 10.0. The summed E-state index contributed by atoms with van der Waals surface area (Å²) in [5.41, 5.74) is 0. The van der Waals surface area contributed by atoms with Gasteiger partial charge in [-0.25, -0.2) is 0 Å². The molecule has 0 unspecified atom stereocenters. The minimum absolute atomic E-state index is 0.213. The number of hydrogen-bond donors (Lipinski definition) is 1. The maximum Gasteiger partial charge on any atom is 0.303 e. The molecule has 5 nitrogen and oxygen atoms in total. The number of carboxylic acids is 1. The Labute approximate surface area is 126 Å². The summed E-state index contributed by atoms with van der Waals surface area (Å²) >= 11 is 0. The highest BCUT2D eigenvalue weighted by Gasteiger charge is 2.02. The molecule has 0 radical (unpaired) electrons. The zero-order valence-electron chi connectivity index (χ0n) is 12.9. The molecule has 0 aromatic heterocycles. The van der Waals surface area contributed by atoms with Crippen LogP contribution >= 0.6 is 0 Å². The van der Waals surface area contributed by atoms with E-state index in [1.165, 1.54) is 0 Å². The van der Waals surface area contributed by atoms with E-state index in [1.54, 1.807) is 0 Å². The highest BCUT2D eigenvalue weighted by molar-refractivity contribution is 5.66. The van der Waals surface area contributed by atoms with Gasteiger partial charge in [-0.3, -0.25) is 4.79 Å². The van der Waals surface area contributed by atoms with Gasteiger partial charge in [0, 0.05) is 13.0 Å². The van der Waals surface area contributed by atoms with Gasteiger partial charge in [-0.2, -0.15) is 0 Å². The first-order valence-electron chi connectivity index (χ1n) is 7.38. The second-order valence-corrected chi connectivity index (χ2v) is 4.97. The molecular weight excluding hydrogens is 270 g/mol. The smallest absolute Gasteiger partial charge is 0.303 e. The van der Waals surface area contributed by atoms with E-state index in [0.29, 0.717) is 13.0 Å². The number of rotatable bonds is 11. The molecule has 1 N–H and O–H groups in total. The Kier molecular flexibility index (Phi) is 8.28. The van der Waals surface area contributed by atoms with E-state index in [1.807, 2.05) is 31.3 Å². The molecule has 1 aromatic carbocycles. The number of carboxylic acid groups (broad SMARTS) is 1. The third-order valence-corrected chi connectivity index (χ3v) is 2.97. The fourth-order valence-electron chi connectivity index (χ4n) is 1.78. The average molecular weight is 295 g/mol. The first-order chi connectivity index (χ1) is 10.1. The van der Waals surface area contributed by atoms with Crippen molar-refractivity contribution in [3.63, 3.8) is 0 Å². The standard InChI is InChI=1S/C16H25NO4/c1-3-12-20-14-6-8-15(9-7-14)21-13-11-17(2)10-4-5-16(18)19/h6-9H,3-5,10-13H2,1-2H3,(H,18,19). The van der Waals surface area contributed by atoms with Gasteiger partial charge in [-0.1, -0.05) is 6.92 Å². The minimum atomic E-state index is -0.745. The molecule has 0 fully saturated rings. The second-order valence-electron chi connectivity index (χ2n) is 4.97.